The van der Waals surface area contributed by atoms with Gasteiger partial charge in [0, 0.05) is 18.6 Å². The van der Waals surface area contributed by atoms with Gasteiger partial charge < -0.3 is 28.5 Å². The molecule has 16 heavy (non-hydrogen) atoms. The second kappa shape index (κ2) is 11.7. The molecular formula is C8H14ILiN2O3S. The first-order chi connectivity index (χ1) is 6.49. The Balaban J connectivity index is -0.000000188. The van der Waals surface area contributed by atoms with E-state index in [2.05, 4.69) is 11.6 Å². The summed E-state index contributed by atoms with van der Waals surface area (Å²) in [5, 5.41) is 0. The molecule has 0 aliphatic carbocycles. The van der Waals surface area contributed by atoms with E-state index in [1.54, 1.807) is 30.2 Å². The first-order valence-corrected chi connectivity index (χ1v) is 5.65. The largest absolute Gasteiger partial charge is 1.00 e. The maximum atomic E-state index is 9.79. The van der Waals surface area contributed by atoms with Crippen LogP contribution in [0.2, 0.25) is 0 Å². The van der Waals surface area contributed by atoms with Gasteiger partial charge in [-0.3, -0.25) is 4.55 Å². The van der Waals surface area contributed by atoms with Gasteiger partial charge in [0.05, 0.1) is 12.1 Å². The average Bonchev–Trinajstić information content (AvgIpc) is 2.54. The Morgan fingerprint density at radius 1 is 1.56 bits per heavy atom. The fourth-order valence-corrected chi connectivity index (χ4v) is 1.15. The molecule has 8 heteroatoms. The van der Waals surface area contributed by atoms with Gasteiger partial charge in [-0.2, -0.15) is 8.42 Å². The summed E-state index contributed by atoms with van der Waals surface area (Å²) in [6, 6.07) is 0. The Morgan fingerprint density at radius 3 is 2.25 bits per heavy atom. The smallest absolute Gasteiger partial charge is 1.00 e. The van der Waals surface area contributed by atoms with Crippen LogP contribution in [0.4, 0.5) is 0 Å². The first kappa shape index (κ1) is 21.5. The monoisotopic (exact) mass is 352 g/mol. The van der Waals surface area contributed by atoms with Gasteiger partial charge in [-0.15, -0.1) is 0 Å². The maximum absolute atomic E-state index is 9.79. The van der Waals surface area contributed by atoms with Crippen LogP contribution in [0.25, 0.3) is 6.20 Å². The predicted octanol–water partition coefficient (Wildman–Crippen LogP) is -4.72. The van der Waals surface area contributed by atoms with E-state index in [0.29, 0.717) is 6.42 Å². The average molecular weight is 352 g/mol. The predicted molar refractivity (Wildman–Crippen MR) is 55.3 cm³/mol. The first-order valence-electron chi connectivity index (χ1n) is 4.04. The Bertz CT molecular complexity index is 353. The standard InChI is InChI=1S/C5H6N2.C3H8O3S.HI.Li/c1-2-7-4-3-6-5-7;1-2-3-7(4,5)6;;/h2-5H,1H2;2-3H2,1H3,(H,4,5,6);1H;/q;;;+1/p-1. The molecule has 0 amide bonds. The van der Waals surface area contributed by atoms with Crippen LogP contribution in [0.5, 0.6) is 0 Å². The number of rotatable bonds is 3. The topological polar surface area (TPSA) is 72.2 Å². The van der Waals surface area contributed by atoms with E-state index in [-0.39, 0.29) is 48.6 Å². The van der Waals surface area contributed by atoms with Gasteiger partial charge >= 0.3 is 18.9 Å². The molecular weight excluding hydrogens is 338 g/mol. The number of hydrogen-bond acceptors (Lipinski definition) is 3. The summed E-state index contributed by atoms with van der Waals surface area (Å²) in [5.74, 6) is -0.132. The van der Waals surface area contributed by atoms with Crippen LogP contribution in [-0.2, 0) is 10.1 Å². The fraction of sp³-hybridized carbons (Fsp3) is 0.375. The Labute approximate surface area is 125 Å². The molecule has 0 radical (unpaired) electrons. The summed E-state index contributed by atoms with van der Waals surface area (Å²) >= 11 is 0. The number of nitrogens with zero attached hydrogens (tertiary/aromatic N) is 2. The van der Waals surface area contributed by atoms with Crippen molar-refractivity contribution in [2.24, 2.45) is 0 Å². The molecule has 1 rings (SSSR count). The van der Waals surface area contributed by atoms with Crippen molar-refractivity contribution in [1.29, 1.82) is 0 Å². The fourth-order valence-electron chi connectivity index (χ4n) is 0.635. The third-order valence-electron chi connectivity index (χ3n) is 1.20. The Hall–Kier alpha value is 0.187. The number of halogens is 1. The number of aromatic nitrogens is 2. The summed E-state index contributed by atoms with van der Waals surface area (Å²) < 4.78 is 29.3. The van der Waals surface area contributed by atoms with E-state index in [1.807, 2.05) is 6.20 Å². The van der Waals surface area contributed by atoms with Crippen molar-refractivity contribution >= 4 is 16.3 Å². The van der Waals surface area contributed by atoms with Crippen LogP contribution in [0, 0.1) is 0 Å². The molecule has 0 aliphatic rings. The van der Waals surface area contributed by atoms with Crippen molar-refractivity contribution in [3.63, 3.8) is 0 Å². The molecule has 0 fully saturated rings. The third kappa shape index (κ3) is 14.2. The molecule has 1 aromatic heterocycles. The van der Waals surface area contributed by atoms with Crippen molar-refractivity contribution in [3.05, 3.63) is 25.3 Å². The van der Waals surface area contributed by atoms with Crippen molar-refractivity contribution < 1.29 is 55.8 Å². The van der Waals surface area contributed by atoms with E-state index < -0.39 is 10.1 Å². The van der Waals surface area contributed by atoms with Gasteiger partial charge in [-0.25, -0.2) is 4.98 Å². The van der Waals surface area contributed by atoms with Crippen molar-refractivity contribution in [2.45, 2.75) is 13.3 Å². The van der Waals surface area contributed by atoms with Gasteiger partial charge in [0.25, 0.3) is 10.1 Å². The molecule has 0 aliphatic heterocycles. The van der Waals surface area contributed by atoms with Crippen molar-refractivity contribution in [3.8, 4) is 0 Å². The minimum absolute atomic E-state index is 0. The minimum Gasteiger partial charge on any atom is -1.00 e. The number of hydrogen-bond donors (Lipinski definition) is 1. The van der Waals surface area contributed by atoms with Crippen LogP contribution in [0.15, 0.2) is 25.3 Å². The molecule has 0 bridgehead atoms. The molecule has 5 nitrogen and oxygen atoms in total. The third-order valence-corrected chi connectivity index (χ3v) is 2.12. The Morgan fingerprint density at radius 2 is 2.12 bits per heavy atom. The molecule has 1 heterocycles. The van der Waals surface area contributed by atoms with Gasteiger partial charge in [0.2, 0.25) is 0 Å². The normalized spacial score (nSPS) is 8.88. The van der Waals surface area contributed by atoms with E-state index in [4.69, 9.17) is 4.55 Å². The molecule has 0 unspecified atom stereocenters. The molecule has 0 atom stereocenters. The minimum atomic E-state index is -3.67. The molecule has 1 aromatic rings. The second-order valence-electron chi connectivity index (χ2n) is 2.48. The zero-order valence-electron chi connectivity index (χ0n) is 9.38. The van der Waals surface area contributed by atoms with Crippen LogP contribution in [0.3, 0.4) is 0 Å². The molecule has 0 spiro atoms. The zero-order valence-corrected chi connectivity index (χ0v) is 12.3. The number of imidazole rings is 1. The summed E-state index contributed by atoms with van der Waals surface area (Å²) in [7, 11) is -3.67. The van der Waals surface area contributed by atoms with Gasteiger partial charge in [-0.1, -0.05) is 13.5 Å². The van der Waals surface area contributed by atoms with Gasteiger partial charge in [-0.05, 0) is 6.42 Å². The van der Waals surface area contributed by atoms with E-state index in [9.17, 15) is 8.42 Å². The van der Waals surface area contributed by atoms with Crippen LogP contribution < -0.4 is 42.8 Å². The summed E-state index contributed by atoms with van der Waals surface area (Å²) in [6.45, 7) is 5.21. The van der Waals surface area contributed by atoms with Gasteiger partial charge in [0.1, 0.15) is 0 Å². The summed E-state index contributed by atoms with van der Waals surface area (Å²) in [5.41, 5.74) is 0. The second-order valence-corrected chi connectivity index (χ2v) is 4.05. The quantitative estimate of drug-likeness (QED) is 0.337. The van der Waals surface area contributed by atoms with Gasteiger partial charge in [0.15, 0.2) is 0 Å². The zero-order chi connectivity index (χ0) is 11.0. The summed E-state index contributed by atoms with van der Waals surface area (Å²) in [4.78, 5) is 3.78. The van der Waals surface area contributed by atoms with Crippen LogP contribution in [0.1, 0.15) is 13.3 Å². The van der Waals surface area contributed by atoms with Crippen LogP contribution in [-0.4, -0.2) is 28.3 Å². The molecule has 88 valence electrons. The SMILES string of the molecule is C=Cn1ccnc1.CCCS(=O)(=O)O.[I-].[Li+]. The van der Waals surface area contributed by atoms with E-state index in [0.717, 1.165) is 0 Å². The van der Waals surface area contributed by atoms with E-state index >= 15 is 0 Å². The maximum Gasteiger partial charge on any atom is 1.00 e. The molecule has 1 N–H and O–H groups in total. The molecule has 0 saturated carbocycles. The van der Waals surface area contributed by atoms with E-state index in [1.165, 1.54) is 0 Å². The van der Waals surface area contributed by atoms with Crippen molar-refractivity contribution in [1.82, 2.24) is 9.55 Å². The summed E-state index contributed by atoms with van der Waals surface area (Å²) in [6.07, 6.45) is 7.38. The molecule has 0 aromatic carbocycles. The van der Waals surface area contributed by atoms with Crippen LogP contribution >= 0.6 is 0 Å². The van der Waals surface area contributed by atoms with Crippen molar-refractivity contribution in [2.75, 3.05) is 5.75 Å². The molecule has 0 saturated heterocycles. The Kier molecular flexibility index (Phi) is 15.7.